The molecular weight excluding hydrogens is 184 g/mol. The van der Waals surface area contributed by atoms with Gasteiger partial charge in [-0.1, -0.05) is 0 Å². The number of ether oxygens (including phenoxy) is 1. The van der Waals surface area contributed by atoms with Crippen molar-refractivity contribution in [1.29, 1.82) is 5.26 Å². The number of aromatic nitrogens is 1. The summed E-state index contributed by atoms with van der Waals surface area (Å²) in [6, 6.07) is 1.79. The van der Waals surface area contributed by atoms with Crippen LogP contribution in [0.15, 0.2) is 6.20 Å². The number of carboxylic acids is 1. The molecule has 1 N–H and O–H groups in total. The van der Waals surface area contributed by atoms with Crippen LogP contribution >= 0.6 is 0 Å². The van der Waals surface area contributed by atoms with Crippen molar-refractivity contribution in [1.82, 2.24) is 4.98 Å². The summed E-state index contributed by atoms with van der Waals surface area (Å²) in [5, 5.41) is 17.5. The monoisotopic (exact) mass is 192 g/mol. The van der Waals surface area contributed by atoms with Crippen LogP contribution in [0, 0.1) is 18.3 Å². The van der Waals surface area contributed by atoms with E-state index >= 15 is 0 Å². The van der Waals surface area contributed by atoms with Gasteiger partial charge in [-0.05, 0) is 6.92 Å². The fourth-order valence-electron chi connectivity index (χ4n) is 1.11. The van der Waals surface area contributed by atoms with Crippen LogP contribution in [0.1, 0.15) is 21.6 Å². The van der Waals surface area contributed by atoms with Gasteiger partial charge in [0.2, 0.25) is 0 Å². The second-order valence-corrected chi connectivity index (χ2v) is 2.58. The van der Waals surface area contributed by atoms with Gasteiger partial charge in [0.25, 0.3) is 0 Å². The van der Waals surface area contributed by atoms with Gasteiger partial charge < -0.3 is 9.84 Å². The average Bonchev–Trinajstić information content (AvgIpc) is 2.16. The van der Waals surface area contributed by atoms with Gasteiger partial charge in [-0.25, -0.2) is 4.79 Å². The molecule has 0 radical (unpaired) electrons. The van der Waals surface area contributed by atoms with Gasteiger partial charge in [-0.3, -0.25) is 4.98 Å². The molecule has 0 unspecified atom stereocenters. The molecular formula is C9H8N2O3. The van der Waals surface area contributed by atoms with E-state index in [0.717, 1.165) is 6.20 Å². The maximum absolute atomic E-state index is 10.7. The lowest BCUT2D eigenvalue weighted by Crippen LogP contribution is -2.05. The Kier molecular flexibility index (Phi) is 2.67. The molecule has 0 spiro atoms. The first-order chi connectivity index (χ1) is 6.61. The van der Waals surface area contributed by atoms with Crippen LogP contribution < -0.4 is 4.74 Å². The third-order valence-electron chi connectivity index (χ3n) is 1.76. The average molecular weight is 192 g/mol. The standard InChI is InChI=1S/C9H8N2O3/c1-5-8(14-2)6(3-10)7(4-11-5)9(12)13/h4H,1-2H3,(H,12,13). The topological polar surface area (TPSA) is 83.2 Å². The summed E-state index contributed by atoms with van der Waals surface area (Å²) >= 11 is 0. The molecule has 0 saturated carbocycles. The van der Waals surface area contributed by atoms with Crippen LogP contribution in [0.3, 0.4) is 0 Å². The van der Waals surface area contributed by atoms with Gasteiger partial charge >= 0.3 is 5.97 Å². The molecule has 0 aliphatic carbocycles. The highest BCUT2D eigenvalue weighted by molar-refractivity contribution is 5.91. The van der Waals surface area contributed by atoms with E-state index in [9.17, 15) is 4.79 Å². The Labute approximate surface area is 80.6 Å². The van der Waals surface area contributed by atoms with Crippen molar-refractivity contribution in [2.24, 2.45) is 0 Å². The summed E-state index contributed by atoms with van der Waals surface area (Å²) in [5.74, 6) is -0.972. The molecule has 1 aromatic heterocycles. The number of hydrogen-bond acceptors (Lipinski definition) is 4. The van der Waals surface area contributed by atoms with Gasteiger partial charge in [0.1, 0.15) is 11.6 Å². The Morgan fingerprint density at radius 2 is 2.36 bits per heavy atom. The van der Waals surface area contributed by atoms with Crippen LogP contribution in [0.2, 0.25) is 0 Å². The minimum atomic E-state index is -1.19. The highest BCUT2D eigenvalue weighted by atomic mass is 16.5. The van der Waals surface area contributed by atoms with E-state index in [4.69, 9.17) is 15.1 Å². The number of carboxylic acid groups (broad SMARTS) is 1. The molecule has 0 amide bonds. The fraction of sp³-hybridized carbons (Fsp3) is 0.222. The minimum Gasteiger partial charge on any atom is -0.493 e. The number of nitriles is 1. The summed E-state index contributed by atoms with van der Waals surface area (Å²) in [6.45, 7) is 1.64. The van der Waals surface area contributed by atoms with Crippen molar-refractivity contribution in [3.8, 4) is 11.8 Å². The quantitative estimate of drug-likeness (QED) is 0.754. The van der Waals surface area contributed by atoms with Crippen molar-refractivity contribution in [2.75, 3.05) is 7.11 Å². The van der Waals surface area contributed by atoms with Gasteiger partial charge in [-0.2, -0.15) is 5.26 Å². The SMILES string of the molecule is COc1c(C)ncc(C(=O)O)c1C#N. The first kappa shape index (κ1) is 9.99. The second-order valence-electron chi connectivity index (χ2n) is 2.58. The molecule has 0 saturated heterocycles. The van der Waals surface area contributed by atoms with Crippen LogP contribution in [0.4, 0.5) is 0 Å². The molecule has 5 heteroatoms. The normalized spacial score (nSPS) is 9.21. The van der Waals surface area contributed by atoms with Crippen LogP contribution in [-0.4, -0.2) is 23.2 Å². The highest BCUT2D eigenvalue weighted by Gasteiger charge is 2.17. The molecule has 0 fully saturated rings. The van der Waals surface area contributed by atoms with Gasteiger partial charge in [0.05, 0.1) is 18.4 Å². The lowest BCUT2D eigenvalue weighted by molar-refractivity contribution is 0.0695. The van der Waals surface area contributed by atoms with Crippen molar-refractivity contribution in [3.05, 3.63) is 23.0 Å². The Balaban J connectivity index is 3.50. The molecule has 1 aromatic rings. The van der Waals surface area contributed by atoms with Crippen molar-refractivity contribution < 1.29 is 14.6 Å². The molecule has 1 rings (SSSR count). The smallest absolute Gasteiger partial charge is 0.338 e. The third kappa shape index (κ3) is 1.50. The number of aromatic carboxylic acids is 1. The maximum Gasteiger partial charge on any atom is 0.338 e. The highest BCUT2D eigenvalue weighted by Crippen LogP contribution is 2.23. The number of pyridine rings is 1. The molecule has 0 aliphatic heterocycles. The Hall–Kier alpha value is -2.09. The van der Waals surface area contributed by atoms with E-state index < -0.39 is 5.97 Å². The zero-order valence-electron chi connectivity index (χ0n) is 7.74. The maximum atomic E-state index is 10.7. The van der Waals surface area contributed by atoms with Crippen LogP contribution in [-0.2, 0) is 0 Å². The number of methoxy groups -OCH3 is 1. The van der Waals surface area contributed by atoms with Crippen LogP contribution in [0.5, 0.6) is 5.75 Å². The summed E-state index contributed by atoms with van der Waals surface area (Å²) in [7, 11) is 1.37. The number of nitrogens with zero attached hydrogens (tertiary/aromatic N) is 2. The largest absolute Gasteiger partial charge is 0.493 e. The zero-order chi connectivity index (χ0) is 10.7. The molecule has 14 heavy (non-hydrogen) atoms. The molecule has 72 valence electrons. The van der Waals surface area contributed by atoms with E-state index in [0.29, 0.717) is 5.69 Å². The molecule has 0 atom stereocenters. The lowest BCUT2D eigenvalue weighted by Gasteiger charge is -2.07. The lowest BCUT2D eigenvalue weighted by atomic mass is 10.1. The number of carbonyl (C=O) groups is 1. The molecule has 5 nitrogen and oxygen atoms in total. The van der Waals surface area contributed by atoms with E-state index in [2.05, 4.69) is 4.98 Å². The first-order valence-corrected chi connectivity index (χ1v) is 3.78. The number of aryl methyl sites for hydroxylation is 1. The van der Waals surface area contributed by atoms with Crippen molar-refractivity contribution in [3.63, 3.8) is 0 Å². The summed E-state index contributed by atoms with van der Waals surface area (Å²) in [6.07, 6.45) is 1.15. The van der Waals surface area contributed by atoms with Crippen molar-refractivity contribution in [2.45, 2.75) is 6.92 Å². The van der Waals surface area contributed by atoms with E-state index in [-0.39, 0.29) is 16.9 Å². The molecule has 1 heterocycles. The Morgan fingerprint density at radius 1 is 1.71 bits per heavy atom. The van der Waals surface area contributed by atoms with Gasteiger partial charge in [0, 0.05) is 6.20 Å². The summed E-state index contributed by atoms with van der Waals surface area (Å²) in [5.41, 5.74) is 0.358. The van der Waals surface area contributed by atoms with E-state index in [1.807, 2.05) is 0 Å². The second kappa shape index (κ2) is 3.75. The van der Waals surface area contributed by atoms with Crippen LogP contribution in [0.25, 0.3) is 0 Å². The minimum absolute atomic E-state index is 0.00694. The third-order valence-corrected chi connectivity index (χ3v) is 1.76. The van der Waals surface area contributed by atoms with Gasteiger partial charge in [-0.15, -0.1) is 0 Å². The fourth-order valence-corrected chi connectivity index (χ4v) is 1.11. The predicted octanol–water partition coefficient (Wildman–Crippen LogP) is 0.968. The van der Waals surface area contributed by atoms with E-state index in [1.54, 1.807) is 13.0 Å². The summed E-state index contributed by atoms with van der Waals surface area (Å²) < 4.78 is 4.91. The number of rotatable bonds is 2. The Bertz CT molecular complexity index is 421. The summed E-state index contributed by atoms with van der Waals surface area (Å²) in [4.78, 5) is 14.5. The first-order valence-electron chi connectivity index (χ1n) is 3.78. The van der Waals surface area contributed by atoms with E-state index in [1.165, 1.54) is 7.11 Å². The molecule has 0 bridgehead atoms. The van der Waals surface area contributed by atoms with Crippen molar-refractivity contribution >= 4 is 5.97 Å². The van der Waals surface area contributed by atoms with Gasteiger partial charge in [0.15, 0.2) is 5.75 Å². The number of hydrogen-bond donors (Lipinski definition) is 1. The Morgan fingerprint density at radius 3 is 2.79 bits per heavy atom. The molecule has 0 aliphatic rings. The predicted molar refractivity (Wildman–Crippen MR) is 47.2 cm³/mol. The zero-order valence-corrected chi connectivity index (χ0v) is 7.74. The molecule has 0 aromatic carbocycles.